The van der Waals surface area contributed by atoms with Gasteiger partial charge in [-0.1, -0.05) is 6.07 Å². The van der Waals surface area contributed by atoms with Gasteiger partial charge in [-0.25, -0.2) is 9.78 Å². The third-order valence-corrected chi connectivity index (χ3v) is 5.92. The van der Waals surface area contributed by atoms with Crippen molar-refractivity contribution < 1.29 is 19.4 Å². The lowest BCUT2D eigenvalue weighted by Gasteiger charge is -2.32. The molecular weight excluding hydrogens is 382 g/mol. The Balaban J connectivity index is 1.79. The number of anilines is 1. The van der Waals surface area contributed by atoms with Crippen molar-refractivity contribution in [3.8, 4) is 17.7 Å². The minimum absolute atomic E-state index is 0.119. The Morgan fingerprint density at radius 2 is 2.17 bits per heavy atom. The molecule has 0 spiro atoms. The lowest BCUT2D eigenvalue weighted by Crippen LogP contribution is -2.25. The molecule has 3 heterocycles. The van der Waals surface area contributed by atoms with Crippen LogP contribution >= 0.6 is 0 Å². The Hall–Kier alpha value is -3.53. The second-order valence-corrected chi connectivity index (χ2v) is 7.97. The summed E-state index contributed by atoms with van der Waals surface area (Å²) in [6, 6.07) is 5.78. The fourth-order valence-corrected chi connectivity index (χ4v) is 4.34. The molecule has 152 valence electrons. The number of hydrogen-bond acceptors (Lipinski definition) is 6. The van der Waals surface area contributed by atoms with Gasteiger partial charge in [0.2, 0.25) is 5.88 Å². The van der Waals surface area contributed by atoms with Gasteiger partial charge in [0.05, 0.1) is 41.0 Å². The maximum absolute atomic E-state index is 12.4. The van der Waals surface area contributed by atoms with Crippen LogP contribution in [0.1, 0.15) is 53.5 Å². The van der Waals surface area contributed by atoms with Crippen LogP contribution in [-0.2, 0) is 11.2 Å². The number of hydrogen-bond donors (Lipinski definition) is 2. The van der Waals surface area contributed by atoms with Crippen LogP contribution in [-0.4, -0.2) is 28.8 Å². The lowest BCUT2D eigenvalue weighted by atomic mass is 9.79. The predicted molar refractivity (Wildman–Crippen MR) is 109 cm³/mol. The van der Waals surface area contributed by atoms with Gasteiger partial charge in [-0.15, -0.1) is 0 Å². The van der Waals surface area contributed by atoms with E-state index < -0.39 is 11.9 Å². The van der Waals surface area contributed by atoms with Crippen molar-refractivity contribution in [1.82, 2.24) is 4.98 Å². The number of carboxylic acid groups (broad SMARTS) is 1. The third-order valence-electron chi connectivity index (χ3n) is 5.92. The number of fused-ring (bicyclic) bond motifs is 2. The fourth-order valence-electron chi connectivity index (χ4n) is 4.34. The number of carboxylic acids is 1. The van der Waals surface area contributed by atoms with Crippen LogP contribution in [0.2, 0.25) is 0 Å². The smallest absolute Gasteiger partial charge is 0.334 e. The minimum Gasteiger partial charge on any atom is -0.493 e. The standard InChI is InChI=1S/C23H21N3O4/c1-11-10-25-22(30-14-4-5-14)19-18(17(23(27)28)12(2)26-20(11)19)16-6-3-13(9-24)15-7-8-29-21(15)16/h3,6,10,14,18,26H,4-5,7-8H2,1-2H3,(H,27,28). The van der Waals surface area contributed by atoms with Crippen molar-refractivity contribution in [1.29, 1.82) is 5.26 Å². The van der Waals surface area contributed by atoms with E-state index >= 15 is 0 Å². The average molecular weight is 403 g/mol. The van der Waals surface area contributed by atoms with Crippen LogP contribution in [0.15, 0.2) is 29.6 Å². The van der Waals surface area contributed by atoms with Crippen LogP contribution in [0, 0.1) is 18.3 Å². The molecule has 3 aliphatic rings. The molecule has 1 aromatic carbocycles. The van der Waals surface area contributed by atoms with Crippen molar-refractivity contribution in [2.75, 3.05) is 11.9 Å². The van der Waals surface area contributed by atoms with Gasteiger partial charge >= 0.3 is 5.97 Å². The van der Waals surface area contributed by atoms with Crippen molar-refractivity contribution >= 4 is 11.7 Å². The molecule has 2 aliphatic heterocycles. The van der Waals surface area contributed by atoms with Gasteiger partial charge in [-0.05, 0) is 38.3 Å². The van der Waals surface area contributed by atoms with E-state index in [0.717, 1.165) is 35.2 Å². The summed E-state index contributed by atoms with van der Waals surface area (Å²) in [5, 5.41) is 22.9. The number of ether oxygens (including phenoxy) is 2. The molecule has 1 unspecified atom stereocenters. The van der Waals surface area contributed by atoms with Gasteiger partial charge in [0.1, 0.15) is 11.9 Å². The quantitative estimate of drug-likeness (QED) is 0.803. The number of aliphatic carboxylic acids is 1. The molecule has 7 heteroatoms. The second kappa shape index (κ2) is 6.77. The number of pyridine rings is 1. The molecule has 1 aromatic heterocycles. The first-order valence-corrected chi connectivity index (χ1v) is 10.1. The highest BCUT2D eigenvalue weighted by molar-refractivity contribution is 5.94. The van der Waals surface area contributed by atoms with Crippen LogP contribution in [0.25, 0.3) is 0 Å². The van der Waals surface area contributed by atoms with Crippen molar-refractivity contribution in [2.24, 2.45) is 0 Å². The zero-order valence-electron chi connectivity index (χ0n) is 16.8. The molecule has 1 saturated carbocycles. The highest BCUT2D eigenvalue weighted by Gasteiger charge is 2.40. The van der Waals surface area contributed by atoms with Crippen LogP contribution in [0.4, 0.5) is 5.69 Å². The maximum atomic E-state index is 12.4. The molecule has 7 nitrogen and oxygen atoms in total. The van der Waals surface area contributed by atoms with Crippen LogP contribution in [0.5, 0.6) is 11.6 Å². The molecule has 0 bridgehead atoms. The second-order valence-electron chi connectivity index (χ2n) is 7.97. The number of nitrogens with one attached hydrogen (secondary N) is 1. The summed E-state index contributed by atoms with van der Waals surface area (Å²) in [5.74, 6) is -0.555. The molecule has 5 rings (SSSR count). The largest absolute Gasteiger partial charge is 0.493 e. The van der Waals surface area contributed by atoms with Crippen molar-refractivity contribution in [2.45, 2.75) is 45.1 Å². The Labute approximate surface area is 174 Å². The monoisotopic (exact) mass is 403 g/mol. The van der Waals surface area contributed by atoms with Gasteiger partial charge in [-0.2, -0.15) is 5.26 Å². The van der Waals surface area contributed by atoms with Crippen molar-refractivity contribution in [3.05, 3.63) is 57.4 Å². The van der Waals surface area contributed by atoms with Gasteiger partial charge in [0.15, 0.2) is 0 Å². The number of benzene rings is 1. The molecule has 0 amide bonds. The number of nitrogens with zero attached hydrogens (tertiary/aromatic N) is 2. The van der Waals surface area contributed by atoms with Gasteiger partial charge in [0, 0.05) is 29.4 Å². The predicted octanol–water partition coefficient (Wildman–Crippen LogP) is 3.65. The van der Waals surface area contributed by atoms with Gasteiger partial charge in [-0.3, -0.25) is 0 Å². The number of aromatic nitrogens is 1. The third kappa shape index (κ3) is 2.79. The number of rotatable bonds is 4. The summed E-state index contributed by atoms with van der Waals surface area (Å²) in [7, 11) is 0. The van der Waals surface area contributed by atoms with Crippen LogP contribution < -0.4 is 14.8 Å². The highest BCUT2D eigenvalue weighted by atomic mass is 16.5. The minimum atomic E-state index is -1.01. The van der Waals surface area contributed by atoms with Gasteiger partial charge < -0.3 is 19.9 Å². The van der Waals surface area contributed by atoms with Crippen LogP contribution in [0.3, 0.4) is 0 Å². The highest BCUT2D eigenvalue weighted by Crippen LogP contribution is 2.51. The van der Waals surface area contributed by atoms with E-state index in [2.05, 4.69) is 16.4 Å². The molecule has 0 saturated heterocycles. The topological polar surface area (TPSA) is 104 Å². The summed E-state index contributed by atoms with van der Waals surface area (Å²) in [5.41, 5.74) is 5.39. The Morgan fingerprint density at radius 3 is 2.87 bits per heavy atom. The van der Waals surface area contributed by atoms with E-state index in [-0.39, 0.29) is 11.7 Å². The molecule has 2 aromatic rings. The first kappa shape index (κ1) is 18.5. The number of allylic oxidation sites excluding steroid dienone is 1. The van der Waals surface area contributed by atoms with E-state index in [4.69, 9.17) is 9.47 Å². The Kier molecular flexibility index (Phi) is 4.17. The number of nitriles is 1. The SMILES string of the molecule is CC1=C(C(=O)O)C(c2ccc(C#N)c3c2OCC3)c2c(OC3CC3)ncc(C)c2N1. The van der Waals surface area contributed by atoms with E-state index in [1.165, 1.54) is 0 Å². The summed E-state index contributed by atoms with van der Waals surface area (Å²) < 4.78 is 12.0. The summed E-state index contributed by atoms with van der Waals surface area (Å²) in [6.45, 7) is 4.18. The summed E-state index contributed by atoms with van der Waals surface area (Å²) >= 11 is 0. The van der Waals surface area contributed by atoms with E-state index in [1.54, 1.807) is 19.2 Å². The normalized spacial score (nSPS) is 19.3. The summed E-state index contributed by atoms with van der Waals surface area (Å²) in [4.78, 5) is 16.9. The van der Waals surface area contributed by atoms with E-state index in [1.807, 2.05) is 13.0 Å². The number of aryl methyl sites for hydroxylation is 1. The molecule has 2 N–H and O–H groups in total. The van der Waals surface area contributed by atoms with E-state index in [0.29, 0.717) is 41.5 Å². The molecule has 1 fully saturated rings. The first-order valence-electron chi connectivity index (χ1n) is 10.1. The van der Waals surface area contributed by atoms with Gasteiger partial charge in [0.25, 0.3) is 0 Å². The zero-order valence-corrected chi connectivity index (χ0v) is 16.8. The molecule has 30 heavy (non-hydrogen) atoms. The molecule has 1 aliphatic carbocycles. The zero-order chi connectivity index (χ0) is 21.0. The maximum Gasteiger partial charge on any atom is 0.334 e. The Bertz CT molecular complexity index is 1160. The molecule has 1 atom stereocenters. The molecule has 0 radical (unpaired) electrons. The van der Waals surface area contributed by atoms with E-state index in [9.17, 15) is 15.2 Å². The van der Waals surface area contributed by atoms with Crippen molar-refractivity contribution in [3.63, 3.8) is 0 Å². The molecular formula is C23H21N3O4. The lowest BCUT2D eigenvalue weighted by molar-refractivity contribution is -0.133. The average Bonchev–Trinajstić information content (AvgIpc) is 3.40. The first-order chi connectivity index (χ1) is 14.5. The fraction of sp³-hybridized carbons (Fsp3) is 0.348. The summed E-state index contributed by atoms with van der Waals surface area (Å²) in [6.07, 6.45) is 4.44. The number of carbonyl (C=O) groups is 1. The Morgan fingerprint density at radius 1 is 1.37 bits per heavy atom.